The Hall–Kier alpha value is -4.84. The highest BCUT2D eigenvalue weighted by Crippen LogP contribution is 2.30. The molecule has 0 fully saturated rings. The van der Waals surface area contributed by atoms with E-state index in [2.05, 4.69) is 36.4 Å². The summed E-state index contributed by atoms with van der Waals surface area (Å²) < 4.78 is 18.1. The van der Waals surface area contributed by atoms with Crippen molar-refractivity contribution < 1.29 is 23.8 Å². The van der Waals surface area contributed by atoms with Gasteiger partial charge in [-0.2, -0.15) is 0 Å². The molecule has 0 radical (unpaired) electrons. The molecule has 1 heterocycles. The Balaban J connectivity index is 0.00000216. The molecule has 6 heteroatoms. The van der Waals surface area contributed by atoms with Crippen LogP contribution in [0.4, 0.5) is 0 Å². The number of hydrogen-bond acceptors (Lipinski definition) is 5. The molecule has 0 aliphatic rings. The Morgan fingerprint density at radius 1 is 0.795 bits per heavy atom. The smallest absolute Gasteiger partial charge is 0.347 e. The summed E-state index contributed by atoms with van der Waals surface area (Å²) in [6.07, 6.45) is 2.12. The van der Waals surface area contributed by atoms with Gasteiger partial charge in [0.1, 0.15) is 17.3 Å². The van der Waals surface area contributed by atoms with Gasteiger partial charge in [-0.25, -0.2) is 9.78 Å². The highest BCUT2D eigenvalue weighted by molar-refractivity contribution is 5.76. The number of oxazole rings is 1. The molecule has 0 aliphatic carbocycles. The molecular formula is C38H41NO5. The number of nitrogens with zero attached hydrogens (tertiary/aromatic N) is 1. The van der Waals surface area contributed by atoms with Crippen molar-refractivity contribution in [1.82, 2.24) is 4.98 Å². The van der Waals surface area contributed by atoms with Crippen LogP contribution in [0.5, 0.6) is 11.5 Å². The number of carboxylic acids is 1. The first-order valence-electron chi connectivity index (χ1n) is 15.1. The summed E-state index contributed by atoms with van der Waals surface area (Å²) >= 11 is 0. The lowest BCUT2D eigenvalue weighted by Crippen LogP contribution is -2.37. The van der Waals surface area contributed by atoms with E-state index in [4.69, 9.17) is 18.9 Å². The van der Waals surface area contributed by atoms with E-state index in [9.17, 15) is 9.90 Å². The summed E-state index contributed by atoms with van der Waals surface area (Å²) in [5, 5.41) is 9.50. The Morgan fingerprint density at radius 2 is 1.41 bits per heavy atom. The zero-order valence-electron chi connectivity index (χ0n) is 26.2. The first kappa shape index (κ1) is 32.1. The topological polar surface area (TPSA) is 81.8 Å². The number of rotatable bonds is 12. The van der Waals surface area contributed by atoms with Gasteiger partial charge in [0.15, 0.2) is 5.60 Å². The van der Waals surface area contributed by atoms with Gasteiger partial charge in [0, 0.05) is 12.0 Å². The molecule has 0 amide bonds. The SMILES string of the molecule is CC.Cc1oc(-c2ccc(-c3ccccc3)cc2)nc1CCOc1ccc(OC(C)(C)C(=O)O)cc1CCc1ccccc1. The molecule has 1 aromatic heterocycles. The van der Waals surface area contributed by atoms with Crippen LogP contribution in [0.25, 0.3) is 22.6 Å². The summed E-state index contributed by atoms with van der Waals surface area (Å²) in [4.78, 5) is 16.4. The van der Waals surface area contributed by atoms with E-state index >= 15 is 0 Å². The van der Waals surface area contributed by atoms with Gasteiger partial charge in [-0.3, -0.25) is 0 Å². The third-order valence-electron chi connectivity index (χ3n) is 7.17. The molecular weight excluding hydrogens is 550 g/mol. The number of aromatic nitrogens is 1. The monoisotopic (exact) mass is 591 g/mol. The maximum absolute atomic E-state index is 11.6. The number of benzene rings is 4. The second kappa shape index (κ2) is 15.1. The maximum Gasteiger partial charge on any atom is 0.347 e. The molecule has 1 N–H and O–H groups in total. The van der Waals surface area contributed by atoms with Gasteiger partial charge >= 0.3 is 5.97 Å². The fraction of sp³-hybridized carbons (Fsp3) is 0.263. The second-order valence-electron chi connectivity index (χ2n) is 10.7. The van der Waals surface area contributed by atoms with Crippen molar-refractivity contribution in [1.29, 1.82) is 0 Å². The van der Waals surface area contributed by atoms with Gasteiger partial charge < -0.3 is 19.0 Å². The third kappa shape index (κ3) is 8.38. The summed E-state index contributed by atoms with van der Waals surface area (Å²) in [6.45, 7) is 9.41. The molecule has 0 atom stereocenters. The Morgan fingerprint density at radius 3 is 2.07 bits per heavy atom. The molecule has 0 aliphatic heterocycles. The first-order valence-corrected chi connectivity index (χ1v) is 15.1. The lowest BCUT2D eigenvalue weighted by Gasteiger charge is -2.22. The Bertz CT molecular complexity index is 1620. The Kier molecular flexibility index (Phi) is 11.0. The normalized spacial score (nSPS) is 10.9. The summed E-state index contributed by atoms with van der Waals surface area (Å²) in [6, 6.07) is 34.2. The minimum Gasteiger partial charge on any atom is -0.493 e. The van der Waals surface area contributed by atoms with Gasteiger partial charge in [0.25, 0.3) is 0 Å². The van der Waals surface area contributed by atoms with Crippen LogP contribution in [-0.2, 0) is 24.1 Å². The molecule has 0 saturated carbocycles. The molecule has 5 rings (SSSR count). The van der Waals surface area contributed by atoms with Crippen LogP contribution in [0.15, 0.2) is 108 Å². The van der Waals surface area contributed by atoms with Gasteiger partial charge in [-0.05, 0) is 86.2 Å². The number of carboxylic acid groups (broad SMARTS) is 1. The standard InChI is InChI=1S/C36H35NO5.C2H6/c1-25-32(37-34(41-25)29-18-16-28(17-19-29)27-12-8-5-9-13-27)22-23-40-33-21-20-31(42-36(2,3)35(38)39)24-30(33)15-14-26-10-6-4-7-11-26;1-2/h4-13,16-21,24H,14-15,22-23H2,1-3H3,(H,38,39);1-2H3. The van der Waals surface area contributed by atoms with Crippen LogP contribution in [0.2, 0.25) is 0 Å². The highest BCUT2D eigenvalue weighted by Gasteiger charge is 2.29. The molecule has 5 aromatic rings. The maximum atomic E-state index is 11.6. The van der Waals surface area contributed by atoms with Crippen LogP contribution in [0.1, 0.15) is 50.3 Å². The fourth-order valence-electron chi connectivity index (χ4n) is 4.69. The van der Waals surface area contributed by atoms with Gasteiger partial charge in [0.05, 0.1) is 12.3 Å². The molecule has 228 valence electrons. The van der Waals surface area contributed by atoms with E-state index in [-0.39, 0.29) is 0 Å². The van der Waals surface area contributed by atoms with Crippen molar-refractivity contribution in [2.75, 3.05) is 6.61 Å². The van der Waals surface area contributed by atoms with Crippen molar-refractivity contribution >= 4 is 5.97 Å². The van der Waals surface area contributed by atoms with Crippen LogP contribution in [-0.4, -0.2) is 28.3 Å². The third-order valence-corrected chi connectivity index (χ3v) is 7.17. The van der Waals surface area contributed by atoms with Crippen molar-refractivity contribution in [3.05, 3.63) is 126 Å². The van der Waals surface area contributed by atoms with Crippen LogP contribution >= 0.6 is 0 Å². The number of aliphatic carboxylic acids is 1. The van der Waals surface area contributed by atoms with E-state index in [0.717, 1.165) is 46.7 Å². The fourth-order valence-corrected chi connectivity index (χ4v) is 4.69. The average molecular weight is 592 g/mol. The lowest BCUT2D eigenvalue weighted by atomic mass is 10.0. The van der Waals surface area contributed by atoms with E-state index in [1.54, 1.807) is 6.07 Å². The predicted octanol–water partition coefficient (Wildman–Crippen LogP) is 8.99. The molecule has 4 aromatic carbocycles. The summed E-state index contributed by atoms with van der Waals surface area (Å²) in [7, 11) is 0. The quantitative estimate of drug-likeness (QED) is 0.156. The molecule has 0 bridgehead atoms. The van der Waals surface area contributed by atoms with Crippen LogP contribution < -0.4 is 9.47 Å². The highest BCUT2D eigenvalue weighted by atomic mass is 16.5. The van der Waals surface area contributed by atoms with E-state index in [1.807, 2.05) is 81.4 Å². The molecule has 0 unspecified atom stereocenters. The predicted molar refractivity (Wildman–Crippen MR) is 175 cm³/mol. The van der Waals surface area contributed by atoms with Crippen molar-refractivity contribution in [3.63, 3.8) is 0 Å². The van der Waals surface area contributed by atoms with Gasteiger partial charge in [-0.1, -0.05) is 86.6 Å². The second-order valence-corrected chi connectivity index (χ2v) is 10.7. The Labute approximate surface area is 260 Å². The molecule has 0 saturated heterocycles. The zero-order chi connectivity index (χ0) is 31.5. The number of ether oxygens (including phenoxy) is 2. The van der Waals surface area contributed by atoms with E-state index in [0.29, 0.717) is 24.7 Å². The largest absolute Gasteiger partial charge is 0.493 e. The van der Waals surface area contributed by atoms with Crippen molar-refractivity contribution in [3.8, 4) is 34.1 Å². The minimum atomic E-state index is -1.34. The van der Waals surface area contributed by atoms with Crippen LogP contribution in [0, 0.1) is 6.92 Å². The summed E-state index contributed by atoms with van der Waals surface area (Å²) in [5.41, 5.74) is 4.90. The van der Waals surface area contributed by atoms with E-state index < -0.39 is 11.6 Å². The van der Waals surface area contributed by atoms with Crippen molar-refractivity contribution in [2.24, 2.45) is 0 Å². The molecule has 0 spiro atoms. The molecule has 6 nitrogen and oxygen atoms in total. The summed E-state index contributed by atoms with van der Waals surface area (Å²) in [5.74, 6) is 1.57. The van der Waals surface area contributed by atoms with Crippen molar-refractivity contribution in [2.45, 2.75) is 59.5 Å². The average Bonchev–Trinajstić information content (AvgIpc) is 3.42. The lowest BCUT2D eigenvalue weighted by molar-refractivity contribution is -0.152. The van der Waals surface area contributed by atoms with Crippen LogP contribution in [0.3, 0.4) is 0 Å². The number of hydrogen-bond donors (Lipinski definition) is 1. The van der Waals surface area contributed by atoms with Gasteiger partial charge in [-0.15, -0.1) is 0 Å². The zero-order valence-corrected chi connectivity index (χ0v) is 26.2. The first-order chi connectivity index (χ1) is 21.3. The molecule has 44 heavy (non-hydrogen) atoms. The van der Waals surface area contributed by atoms with Gasteiger partial charge in [0.2, 0.25) is 5.89 Å². The van der Waals surface area contributed by atoms with E-state index in [1.165, 1.54) is 25.0 Å². The number of aryl methyl sites for hydroxylation is 3. The minimum absolute atomic E-state index is 0.416. The number of carbonyl (C=O) groups is 1.